The van der Waals surface area contributed by atoms with Crippen LogP contribution in [-0.2, 0) is 21.2 Å². The van der Waals surface area contributed by atoms with Gasteiger partial charge in [-0.3, -0.25) is 4.79 Å². The zero-order valence-electron chi connectivity index (χ0n) is 15.6. The van der Waals surface area contributed by atoms with Crippen molar-refractivity contribution in [1.29, 1.82) is 0 Å². The highest BCUT2D eigenvalue weighted by molar-refractivity contribution is 7.89. The van der Waals surface area contributed by atoms with Gasteiger partial charge in [0.25, 0.3) is 0 Å². The Morgan fingerprint density at radius 2 is 1.76 bits per heavy atom. The lowest BCUT2D eigenvalue weighted by Crippen LogP contribution is -2.43. The predicted molar refractivity (Wildman–Crippen MR) is 99.8 cm³/mol. The minimum Gasteiger partial charge on any atom is -0.346 e. The number of benzene rings is 1. The number of hydrogen-bond donors (Lipinski definition) is 0. The Morgan fingerprint density at radius 3 is 2.28 bits per heavy atom. The molecule has 0 spiro atoms. The van der Waals surface area contributed by atoms with E-state index in [9.17, 15) is 13.2 Å². The maximum absolute atomic E-state index is 12.8. The first-order valence-electron chi connectivity index (χ1n) is 9.24. The van der Waals surface area contributed by atoms with Crippen molar-refractivity contribution in [1.82, 2.24) is 9.21 Å². The minimum atomic E-state index is -3.46. The molecule has 1 aliphatic heterocycles. The zero-order valence-corrected chi connectivity index (χ0v) is 16.4. The third kappa shape index (κ3) is 4.82. The molecule has 6 heteroatoms. The molecule has 0 N–H and O–H groups in total. The molecule has 0 aliphatic carbocycles. The molecule has 1 amide bonds. The molecule has 1 fully saturated rings. The van der Waals surface area contributed by atoms with E-state index in [2.05, 4.69) is 6.92 Å². The highest BCUT2D eigenvalue weighted by Gasteiger charge is 2.32. The molecule has 0 radical (unpaired) electrons. The van der Waals surface area contributed by atoms with Crippen LogP contribution < -0.4 is 0 Å². The molecule has 25 heavy (non-hydrogen) atoms. The second-order valence-electron chi connectivity index (χ2n) is 6.79. The topological polar surface area (TPSA) is 57.7 Å². The molecule has 1 aromatic rings. The van der Waals surface area contributed by atoms with Crippen LogP contribution in [0.2, 0.25) is 0 Å². The molecule has 1 aliphatic rings. The Balaban J connectivity index is 1.97. The van der Waals surface area contributed by atoms with Gasteiger partial charge in [0, 0.05) is 32.6 Å². The number of piperidine rings is 1. The van der Waals surface area contributed by atoms with Crippen LogP contribution in [0.3, 0.4) is 0 Å². The average Bonchev–Trinajstić information content (AvgIpc) is 2.65. The monoisotopic (exact) mass is 366 g/mol. The van der Waals surface area contributed by atoms with Gasteiger partial charge >= 0.3 is 0 Å². The zero-order chi connectivity index (χ0) is 18.4. The van der Waals surface area contributed by atoms with E-state index in [1.165, 1.54) is 4.31 Å². The lowest BCUT2D eigenvalue weighted by atomic mass is 9.96. The lowest BCUT2D eigenvalue weighted by Gasteiger charge is -2.32. The molecule has 0 unspecified atom stereocenters. The van der Waals surface area contributed by atoms with Crippen molar-refractivity contribution in [3.05, 3.63) is 29.8 Å². The van der Waals surface area contributed by atoms with Crippen molar-refractivity contribution < 1.29 is 13.2 Å². The van der Waals surface area contributed by atoms with E-state index in [0.717, 1.165) is 31.4 Å². The van der Waals surface area contributed by atoms with Crippen molar-refractivity contribution in [3.8, 4) is 0 Å². The van der Waals surface area contributed by atoms with E-state index in [4.69, 9.17) is 0 Å². The predicted octanol–water partition coefficient (Wildman–Crippen LogP) is 2.91. The van der Waals surface area contributed by atoms with Crippen LogP contribution in [-0.4, -0.2) is 50.2 Å². The van der Waals surface area contributed by atoms with Crippen molar-refractivity contribution in [3.63, 3.8) is 0 Å². The summed E-state index contributed by atoms with van der Waals surface area (Å²) in [5.74, 6) is 0.0913. The summed E-state index contributed by atoms with van der Waals surface area (Å²) in [6.07, 6.45) is 4.15. The van der Waals surface area contributed by atoms with Crippen LogP contribution in [0.5, 0.6) is 0 Å². The summed E-state index contributed by atoms with van der Waals surface area (Å²) >= 11 is 0. The summed E-state index contributed by atoms with van der Waals surface area (Å²) in [7, 11) is -1.62. The van der Waals surface area contributed by atoms with E-state index < -0.39 is 10.0 Å². The van der Waals surface area contributed by atoms with Crippen LogP contribution in [0.25, 0.3) is 0 Å². The maximum Gasteiger partial charge on any atom is 0.243 e. The van der Waals surface area contributed by atoms with Gasteiger partial charge in [-0.1, -0.05) is 32.4 Å². The second-order valence-corrected chi connectivity index (χ2v) is 8.73. The average molecular weight is 367 g/mol. The first-order valence-corrected chi connectivity index (χ1v) is 10.7. The minimum absolute atomic E-state index is 0.0595. The van der Waals surface area contributed by atoms with Gasteiger partial charge in [0.05, 0.1) is 4.90 Å². The molecular weight excluding hydrogens is 336 g/mol. The summed E-state index contributed by atoms with van der Waals surface area (Å²) in [6, 6.07) is 7.10. The molecule has 2 rings (SSSR count). The standard InChI is InChI=1S/C19H30N2O3S/c1-4-6-13-20(3)19(22)17-11-14-21(15-12-17)25(23,24)18-9-7-16(5-2)8-10-18/h7-10,17H,4-6,11-15H2,1-3H3. The molecule has 5 nitrogen and oxygen atoms in total. The highest BCUT2D eigenvalue weighted by atomic mass is 32.2. The second kappa shape index (κ2) is 8.81. The Kier molecular flexibility index (Phi) is 7.02. The molecular formula is C19H30N2O3S. The number of hydrogen-bond acceptors (Lipinski definition) is 3. The fourth-order valence-corrected chi connectivity index (χ4v) is 4.68. The Bertz CT molecular complexity index is 662. The van der Waals surface area contributed by atoms with Crippen LogP contribution >= 0.6 is 0 Å². The largest absolute Gasteiger partial charge is 0.346 e. The van der Waals surface area contributed by atoms with Gasteiger partial charge in [0.2, 0.25) is 15.9 Å². The van der Waals surface area contributed by atoms with Crippen molar-refractivity contribution in [2.24, 2.45) is 5.92 Å². The fourth-order valence-electron chi connectivity index (χ4n) is 3.21. The summed E-state index contributed by atoms with van der Waals surface area (Å²) in [4.78, 5) is 14.6. The molecule has 0 saturated carbocycles. The van der Waals surface area contributed by atoms with Gasteiger partial charge in [0.1, 0.15) is 0 Å². The number of aryl methyl sites for hydroxylation is 1. The number of carbonyl (C=O) groups excluding carboxylic acids is 1. The summed E-state index contributed by atoms with van der Waals surface area (Å²) in [6.45, 7) is 5.75. The van der Waals surface area contributed by atoms with Gasteiger partial charge < -0.3 is 4.90 Å². The first-order chi connectivity index (χ1) is 11.9. The van der Waals surface area contributed by atoms with Crippen molar-refractivity contribution in [2.75, 3.05) is 26.7 Å². The molecule has 0 aromatic heterocycles. The number of sulfonamides is 1. The normalized spacial score (nSPS) is 16.8. The van der Waals surface area contributed by atoms with Crippen molar-refractivity contribution in [2.45, 2.75) is 50.8 Å². The quantitative estimate of drug-likeness (QED) is 0.745. The highest BCUT2D eigenvalue weighted by Crippen LogP contribution is 2.25. The number of nitrogens with zero attached hydrogens (tertiary/aromatic N) is 2. The number of rotatable bonds is 7. The van der Waals surface area contributed by atoms with E-state index in [1.54, 1.807) is 17.0 Å². The number of amides is 1. The van der Waals surface area contributed by atoms with Gasteiger partial charge in [-0.15, -0.1) is 0 Å². The lowest BCUT2D eigenvalue weighted by molar-refractivity contribution is -0.135. The number of unbranched alkanes of at least 4 members (excludes halogenated alkanes) is 1. The SMILES string of the molecule is CCCCN(C)C(=O)C1CCN(S(=O)(=O)c2ccc(CC)cc2)CC1. The van der Waals surface area contributed by atoms with Crippen LogP contribution in [0.15, 0.2) is 29.2 Å². The molecule has 0 bridgehead atoms. The summed E-state index contributed by atoms with van der Waals surface area (Å²) in [5, 5.41) is 0. The fraction of sp³-hybridized carbons (Fsp3) is 0.632. The molecule has 1 aromatic carbocycles. The van der Waals surface area contributed by atoms with E-state index >= 15 is 0 Å². The third-order valence-electron chi connectivity index (χ3n) is 5.00. The number of carbonyl (C=O) groups is 1. The Morgan fingerprint density at radius 1 is 1.16 bits per heavy atom. The van der Waals surface area contributed by atoms with Gasteiger partial charge in [0.15, 0.2) is 0 Å². The molecule has 0 atom stereocenters. The third-order valence-corrected chi connectivity index (χ3v) is 6.91. The van der Waals surface area contributed by atoms with E-state index in [-0.39, 0.29) is 11.8 Å². The Labute approximate surface area is 152 Å². The van der Waals surface area contributed by atoms with Crippen LogP contribution in [0.4, 0.5) is 0 Å². The maximum atomic E-state index is 12.8. The molecule has 1 heterocycles. The first kappa shape index (κ1) is 19.9. The Hall–Kier alpha value is -1.40. The van der Waals surface area contributed by atoms with Crippen LogP contribution in [0, 0.1) is 5.92 Å². The summed E-state index contributed by atoms with van der Waals surface area (Å²) in [5.41, 5.74) is 1.12. The molecule has 140 valence electrons. The van der Waals surface area contributed by atoms with Gasteiger partial charge in [-0.25, -0.2) is 8.42 Å². The molecule has 1 saturated heterocycles. The van der Waals surface area contributed by atoms with Crippen LogP contribution in [0.1, 0.15) is 45.1 Å². The van der Waals surface area contributed by atoms with Gasteiger partial charge in [-0.05, 0) is 43.4 Å². The van der Waals surface area contributed by atoms with E-state index in [0.29, 0.717) is 30.8 Å². The summed E-state index contributed by atoms with van der Waals surface area (Å²) < 4.78 is 27.1. The van der Waals surface area contributed by atoms with Crippen molar-refractivity contribution >= 4 is 15.9 Å². The van der Waals surface area contributed by atoms with E-state index in [1.807, 2.05) is 26.1 Å². The smallest absolute Gasteiger partial charge is 0.243 e. The van der Waals surface area contributed by atoms with Gasteiger partial charge in [-0.2, -0.15) is 4.31 Å².